The molecule has 2 heteroatoms. The molecule has 0 radical (unpaired) electrons. The molecule has 0 saturated carbocycles. The molecule has 0 spiro atoms. The number of hydrogen-bond donors (Lipinski definition) is 1. The zero-order chi connectivity index (χ0) is 11.3. The van der Waals surface area contributed by atoms with Gasteiger partial charge in [-0.1, -0.05) is 25.1 Å². The van der Waals surface area contributed by atoms with Crippen LogP contribution in [0.25, 0.3) is 0 Å². The van der Waals surface area contributed by atoms with E-state index in [4.69, 9.17) is 10.5 Å². The molecule has 1 aromatic carbocycles. The zero-order valence-corrected chi connectivity index (χ0v) is 9.86. The van der Waals surface area contributed by atoms with E-state index in [1.54, 1.807) is 0 Å². The van der Waals surface area contributed by atoms with Crippen LogP contribution in [-0.2, 0) is 0 Å². The van der Waals surface area contributed by atoms with Gasteiger partial charge in [-0.05, 0) is 44.4 Å². The Bertz CT molecular complexity index is 292. The van der Waals surface area contributed by atoms with Gasteiger partial charge in [-0.3, -0.25) is 0 Å². The second-order valence-corrected chi connectivity index (χ2v) is 4.05. The Morgan fingerprint density at radius 1 is 1.27 bits per heavy atom. The van der Waals surface area contributed by atoms with Crippen molar-refractivity contribution in [3.8, 4) is 5.75 Å². The lowest BCUT2D eigenvalue weighted by Crippen LogP contribution is -2.14. The number of nitrogens with two attached hydrogens (primary N) is 1. The average Bonchev–Trinajstić information content (AvgIpc) is 2.21. The second kappa shape index (κ2) is 5.76. The summed E-state index contributed by atoms with van der Waals surface area (Å²) in [6.07, 6.45) is 1.26. The van der Waals surface area contributed by atoms with Gasteiger partial charge in [0, 0.05) is 0 Å². The molecule has 1 atom stereocenters. The van der Waals surface area contributed by atoms with Crippen molar-refractivity contribution in [2.75, 3.05) is 6.54 Å². The Kier molecular flexibility index (Phi) is 4.63. The van der Waals surface area contributed by atoms with Crippen molar-refractivity contribution in [3.63, 3.8) is 0 Å². The van der Waals surface area contributed by atoms with E-state index in [9.17, 15) is 0 Å². The Balaban J connectivity index is 2.94. The number of hydrogen-bond acceptors (Lipinski definition) is 2. The molecule has 0 aliphatic heterocycles. The first-order valence-electron chi connectivity index (χ1n) is 5.64. The topological polar surface area (TPSA) is 35.2 Å². The van der Waals surface area contributed by atoms with Crippen LogP contribution >= 0.6 is 0 Å². The van der Waals surface area contributed by atoms with Gasteiger partial charge in [-0.25, -0.2) is 0 Å². The van der Waals surface area contributed by atoms with Crippen LogP contribution in [0.3, 0.4) is 0 Å². The first-order valence-corrected chi connectivity index (χ1v) is 5.64. The molecule has 1 unspecified atom stereocenters. The predicted octanol–water partition coefficient (Wildman–Crippen LogP) is 2.93. The van der Waals surface area contributed by atoms with Crippen LogP contribution in [0, 0.1) is 0 Å². The quantitative estimate of drug-likeness (QED) is 0.805. The number of ether oxygens (including phenoxy) is 1. The van der Waals surface area contributed by atoms with Crippen LogP contribution in [0.15, 0.2) is 24.3 Å². The third-order valence-corrected chi connectivity index (χ3v) is 2.50. The molecule has 0 amide bonds. The molecule has 2 nitrogen and oxygen atoms in total. The minimum absolute atomic E-state index is 0.210. The first kappa shape index (κ1) is 12.1. The van der Waals surface area contributed by atoms with Gasteiger partial charge in [-0.15, -0.1) is 0 Å². The fraction of sp³-hybridized carbons (Fsp3) is 0.538. The van der Waals surface area contributed by atoms with E-state index in [1.165, 1.54) is 5.56 Å². The molecule has 0 heterocycles. The molecule has 0 fully saturated rings. The smallest absolute Gasteiger partial charge is 0.123 e. The van der Waals surface area contributed by atoms with Crippen LogP contribution < -0.4 is 10.5 Å². The molecule has 0 aromatic heterocycles. The van der Waals surface area contributed by atoms with Crippen LogP contribution in [0.5, 0.6) is 5.75 Å². The maximum atomic E-state index is 5.77. The summed E-state index contributed by atoms with van der Waals surface area (Å²) in [5, 5.41) is 0. The molecule has 1 aromatic rings. The highest BCUT2D eigenvalue weighted by Crippen LogP contribution is 2.28. The van der Waals surface area contributed by atoms with Gasteiger partial charge in [0.2, 0.25) is 0 Å². The highest BCUT2D eigenvalue weighted by atomic mass is 16.5. The largest absolute Gasteiger partial charge is 0.491 e. The van der Waals surface area contributed by atoms with Crippen molar-refractivity contribution in [3.05, 3.63) is 29.8 Å². The van der Waals surface area contributed by atoms with Crippen molar-refractivity contribution in [1.29, 1.82) is 0 Å². The summed E-state index contributed by atoms with van der Waals surface area (Å²) in [7, 11) is 0. The van der Waals surface area contributed by atoms with Crippen molar-refractivity contribution in [2.24, 2.45) is 5.73 Å². The summed E-state index contributed by atoms with van der Waals surface area (Å²) in [4.78, 5) is 0. The van der Waals surface area contributed by atoms with Gasteiger partial charge in [0.05, 0.1) is 6.10 Å². The number of para-hydroxylation sites is 1. The Labute approximate surface area is 92.4 Å². The van der Waals surface area contributed by atoms with E-state index in [2.05, 4.69) is 13.0 Å². The van der Waals surface area contributed by atoms with Crippen molar-refractivity contribution in [2.45, 2.75) is 39.2 Å². The van der Waals surface area contributed by atoms with E-state index in [1.807, 2.05) is 32.0 Å². The molecule has 0 aliphatic rings. The molecule has 0 saturated heterocycles. The molecule has 1 rings (SSSR count). The van der Waals surface area contributed by atoms with Gasteiger partial charge in [0.25, 0.3) is 0 Å². The summed E-state index contributed by atoms with van der Waals surface area (Å²) in [5.74, 6) is 1.38. The molecule has 84 valence electrons. The normalized spacial score (nSPS) is 12.9. The van der Waals surface area contributed by atoms with Gasteiger partial charge in [0.1, 0.15) is 5.75 Å². The van der Waals surface area contributed by atoms with E-state index >= 15 is 0 Å². The van der Waals surface area contributed by atoms with E-state index in [-0.39, 0.29) is 6.10 Å². The van der Waals surface area contributed by atoms with Gasteiger partial charge in [-0.2, -0.15) is 0 Å². The predicted molar refractivity (Wildman–Crippen MR) is 64.3 cm³/mol. The number of rotatable bonds is 5. The Morgan fingerprint density at radius 3 is 2.47 bits per heavy atom. The van der Waals surface area contributed by atoms with Crippen LogP contribution in [0.2, 0.25) is 0 Å². The van der Waals surface area contributed by atoms with Gasteiger partial charge >= 0.3 is 0 Å². The van der Waals surface area contributed by atoms with E-state index < -0.39 is 0 Å². The Morgan fingerprint density at radius 2 is 1.93 bits per heavy atom. The minimum atomic E-state index is 0.210. The third-order valence-electron chi connectivity index (χ3n) is 2.50. The fourth-order valence-electron chi connectivity index (χ4n) is 1.69. The van der Waals surface area contributed by atoms with Crippen LogP contribution in [-0.4, -0.2) is 12.6 Å². The monoisotopic (exact) mass is 207 g/mol. The van der Waals surface area contributed by atoms with Crippen molar-refractivity contribution >= 4 is 0 Å². The lowest BCUT2D eigenvalue weighted by Gasteiger charge is -2.19. The van der Waals surface area contributed by atoms with Crippen molar-refractivity contribution in [1.82, 2.24) is 0 Å². The summed E-state index contributed by atoms with van der Waals surface area (Å²) < 4.78 is 5.77. The summed E-state index contributed by atoms with van der Waals surface area (Å²) in [6, 6.07) is 8.18. The fourth-order valence-corrected chi connectivity index (χ4v) is 1.69. The van der Waals surface area contributed by atoms with Gasteiger partial charge in [0.15, 0.2) is 0 Å². The van der Waals surface area contributed by atoms with Crippen LogP contribution in [0.4, 0.5) is 0 Å². The molecule has 0 aliphatic carbocycles. The molecule has 0 bridgehead atoms. The standard InChI is InChI=1S/C13H21NO/c1-4-11(9-14)12-7-5-6-8-13(12)15-10(2)3/h5-8,10-11H,4,9,14H2,1-3H3. The third kappa shape index (κ3) is 3.24. The maximum Gasteiger partial charge on any atom is 0.123 e. The Hall–Kier alpha value is -1.02. The highest BCUT2D eigenvalue weighted by molar-refractivity contribution is 5.36. The lowest BCUT2D eigenvalue weighted by molar-refractivity contribution is 0.238. The maximum absolute atomic E-state index is 5.77. The van der Waals surface area contributed by atoms with E-state index in [0.29, 0.717) is 12.5 Å². The summed E-state index contributed by atoms with van der Waals surface area (Å²) >= 11 is 0. The summed E-state index contributed by atoms with van der Waals surface area (Å²) in [5.41, 5.74) is 6.99. The molecule has 2 N–H and O–H groups in total. The molecular weight excluding hydrogens is 186 g/mol. The minimum Gasteiger partial charge on any atom is -0.491 e. The molecule has 15 heavy (non-hydrogen) atoms. The van der Waals surface area contributed by atoms with E-state index in [0.717, 1.165) is 12.2 Å². The lowest BCUT2D eigenvalue weighted by atomic mass is 9.96. The molecular formula is C13H21NO. The average molecular weight is 207 g/mol. The SMILES string of the molecule is CCC(CN)c1ccccc1OC(C)C. The summed E-state index contributed by atoms with van der Waals surface area (Å²) in [6.45, 7) is 6.92. The van der Waals surface area contributed by atoms with Crippen molar-refractivity contribution < 1.29 is 4.74 Å². The second-order valence-electron chi connectivity index (χ2n) is 4.05. The first-order chi connectivity index (χ1) is 7.19. The zero-order valence-electron chi connectivity index (χ0n) is 9.86. The highest BCUT2D eigenvalue weighted by Gasteiger charge is 2.13. The van der Waals surface area contributed by atoms with Gasteiger partial charge < -0.3 is 10.5 Å². The van der Waals surface area contributed by atoms with Crippen LogP contribution in [0.1, 0.15) is 38.7 Å². The number of benzene rings is 1.